The number of rotatable bonds is 4. The van der Waals surface area contributed by atoms with Gasteiger partial charge in [-0.15, -0.1) is 0 Å². The summed E-state index contributed by atoms with van der Waals surface area (Å²) in [6.07, 6.45) is 3.44. The first kappa shape index (κ1) is 15.8. The Balaban J connectivity index is 0.000000325. The van der Waals surface area contributed by atoms with Gasteiger partial charge in [-0.2, -0.15) is 0 Å². The van der Waals surface area contributed by atoms with E-state index in [1.165, 1.54) is 0 Å². The van der Waals surface area contributed by atoms with Gasteiger partial charge < -0.3 is 25.5 Å². The first-order valence-corrected chi connectivity index (χ1v) is 5.79. The molecule has 0 aromatic carbocycles. The standard InChI is InChI=1S/C8H16O2.C3H8O3/c9-5-7-1-2-8(6-10)4-3-7;4-1-3(6)2-5/h7-10H,1-6H2;3-6H,1-2H2/t7-,8+;. The van der Waals surface area contributed by atoms with E-state index < -0.39 is 6.10 Å². The monoisotopic (exact) mass is 236 g/mol. The molecular weight excluding hydrogens is 212 g/mol. The maximum Gasteiger partial charge on any atom is 0.100 e. The van der Waals surface area contributed by atoms with Crippen molar-refractivity contribution in [3.63, 3.8) is 0 Å². The van der Waals surface area contributed by atoms with Crippen LogP contribution in [-0.4, -0.2) is 58.1 Å². The topological polar surface area (TPSA) is 101 Å². The van der Waals surface area contributed by atoms with E-state index in [-0.39, 0.29) is 13.2 Å². The van der Waals surface area contributed by atoms with Gasteiger partial charge >= 0.3 is 0 Å². The van der Waals surface area contributed by atoms with Gasteiger partial charge in [-0.25, -0.2) is 0 Å². The smallest absolute Gasteiger partial charge is 0.100 e. The van der Waals surface area contributed by atoms with Crippen molar-refractivity contribution < 1.29 is 25.5 Å². The molecule has 16 heavy (non-hydrogen) atoms. The van der Waals surface area contributed by atoms with Gasteiger partial charge in [0, 0.05) is 13.2 Å². The quantitative estimate of drug-likeness (QED) is 0.436. The fraction of sp³-hybridized carbons (Fsp3) is 1.00. The Morgan fingerprint density at radius 3 is 1.19 bits per heavy atom. The zero-order valence-electron chi connectivity index (χ0n) is 9.62. The fourth-order valence-electron chi connectivity index (χ4n) is 1.65. The number of hydrogen-bond acceptors (Lipinski definition) is 5. The third-order valence-corrected chi connectivity index (χ3v) is 2.90. The average molecular weight is 236 g/mol. The minimum Gasteiger partial charge on any atom is -0.396 e. The summed E-state index contributed by atoms with van der Waals surface area (Å²) in [4.78, 5) is 0. The first-order chi connectivity index (χ1) is 7.67. The van der Waals surface area contributed by atoms with E-state index in [2.05, 4.69) is 0 Å². The van der Waals surface area contributed by atoms with Crippen molar-refractivity contribution in [1.82, 2.24) is 0 Å². The van der Waals surface area contributed by atoms with E-state index in [4.69, 9.17) is 25.5 Å². The van der Waals surface area contributed by atoms with E-state index in [0.29, 0.717) is 25.0 Å². The largest absolute Gasteiger partial charge is 0.396 e. The summed E-state index contributed by atoms with van der Waals surface area (Å²) in [5.74, 6) is 1.03. The molecule has 5 nitrogen and oxygen atoms in total. The average Bonchev–Trinajstić information content (AvgIpc) is 2.38. The van der Waals surface area contributed by atoms with E-state index in [0.717, 1.165) is 25.7 Å². The molecule has 1 rings (SSSR count). The Morgan fingerprint density at radius 1 is 0.750 bits per heavy atom. The molecule has 0 unspecified atom stereocenters. The minimum atomic E-state index is -0.954. The zero-order valence-corrected chi connectivity index (χ0v) is 9.62. The van der Waals surface area contributed by atoms with Crippen LogP contribution in [-0.2, 0) is 0 Å². The molecule has 1 aliphatic rings. The van der Waals surface area contributed by atoms with Crippen molar-refractivity contribution >= 4 is 0 Å². The van der Waals surface area contributed by atoms with Crippen molar-refractivity contribution in [2.24, 2.45) is 11.8 Å². The highest BCUT2D eigenvalue weighted by Crippen LogP contribution is 2.27. The van der Waals surface area contributed by atoms with Crippen LogP contribution >= 0.6 is 0 Å². The Morgan fingerprint density at radius 2 is 1.06 bits per heavy atom. The molecule has 5 N–H and O–H groups in total. The molecule has 0 amide bonds. The molecule has 0 radical (unpaired) electrons. The molecule has 0 bridgehead atoms. The zero-order chi connectivity index (χ0) is 12.4. The Labute approximate surface area is 96.4 Å². The van der Waals surface area contributed by atoms with Crippen LogP contribution in [0.5, 0.6) is 0 Å². The molecule has 98 valence electrons. The predicted molar refractivity (Wildman–Crippen MR) is 59.8 cm³/mol. The van der Waals surface area contributed by atoms with Crippen molar-refractivity contribution in [3.8, 4) is 0 Å². The lowest BCUT2D eigenvalue weighted by Crippen LogP contribution is -2.19. The predicted octanol–water partition coefficient (Wildman–Crippen LogP) is -0.891. The highest BCUT2D eigenvalue weighted by Gasteiger charge is 2.19. The van der Waals surface area contributed by atoms with Gasteiger partial charge in [0.1, 0.15) is 6.10 Å². The third kappa shape index (κ3) is 7.14. The van der Waals surface area contributed by atoms with Crippen molar-refractivity contribution in [2.75, 3.05) is 26.4 Å². The Kier molecular flexibility index (Phi) is 9.86. The lowest BCUT2D eigenvalue weighted by molar-refractivity contribution is 0.0450. The second-order valence-corrected chi connectivity index (χ2v) is 4.27. The Hall–Kier alpha value is -0.200. The van der Waals surface area contributed by atoms with Gasteiger partial charge in [0.25, 0.3) is 0 Å². The van der Waals surface area contributed by atoms with E-state index in [1.807, 2.05) is 0 Å². The minimum absolute atomic E-state index is 0.331. The molecule has 0 saturated heterocycles. The van der Waals surface area contributed by atoms with Gasteiger partial charge in [0.15, 0.2) is 0 Å². The SMILES string of the molecule is OCC(O)CO.OC[C@H]1CC[C@@H](CO)CC1. The van der Waals surface area contributed by atoms with Crippen LogP contribution < -0.4 is 0 Å². The van der Waals surface area contributed by atoms with Gasteiger partial charge in [-0.1, -0.05) is 0 Å². The number of aliphatic hydroxyl groups is 5. The van der Waals surface area contributed by atoms with Crippen molar-refractivity contribution in [1.29, 1.82) is 0 Å². The van der Waals surface area contributed by atoms with Crippen LogP contribution in [0.1, 0.15) is 25.7 Å². The van der Waals surface area contributed by atoms with Gasteiger partial charge in [-0.05, 0) is 37.5 Å². The van der Waals surface area contributed by atoms with Gasteiger partial charge in [0.05, 0.1) is 13.2 Å². The molecule has 0 heterocycles. The van der Waals surface area contributed by atoms with Gasteiger partial charge in [0.2, 0.25) is 0 Å². The maximum atomic E-state index is 8.79. The van der Waals surface area contributed by atoms with Crippen LogP contribution in [0.15, 0.2) is 0 Å². The highest BCUT2D eigenvalue weighted by atomic mass is 16.3. The summed E-state index contributed by atoms with van der Waals surface area (Å²) in [6.45, 7) is -0.0662. The van der Waals surface area contributed by atoms with E-state index in [9.17, 15) is 0 Å². The van der Waals surface area contributed by atoms with Crippen LogP contribution in [0, 0.1) is 11.8 Å². The third-order valence-electron chi connectivity index (χ3n) is 2.90. The van der Waals surface area contributed by atoms with E-state index in [1.54, 1.807) is 0 Å². The maximum absolute atomic E-state index is 8.79. The summed E-state index contributed by atoms with van der Waals surface area (Å²) >= 11 is 0. The molecule has 0 aromatic heterocycles. The lowest BCUT2D eigenvalue weighted by Gasteiger charge is -2.25. The number of hydrogen-bond donors (Lipinski definition) is 5. The summed E-state index contributed by atoms with van der Waals surface area (Å²) in [5.41, 5.74) is 0. The second-order valence-electron chi connectivity index (χ2n) is 4.27. The Bertz CT molecular complexity index is 129. The summed E-state index contributed by atoms with van der Waals surface area (Å²) in [6, 6.07) is 0. The van der Waals surface area contributed by atoms with E-state index >= 15 is 0 Å². The van der Waals surface area contributed by atoms with Crippen LogP contribution in [0.4, 0.5) is 0 Å². The molecule has 0 aromatic rings. The molecule has 0 spiro atoms. The molecular formula is C11H24O5. The molecule has 1 fully saturated rings. The van der Waals surface area contributed by atoms with Gasteiger partial charge in [-0.3, -0.25) is 0 Å². The normalized spacial score (nSPS) is 25.1. The summed E-state index contributed by atoms with van der Waals surface area (Å²) < 4.78 is 0. The molecule has 5 heteroatoms. The highest BCUT2D eigenvalue weighted by molar-refractivity contribution is 4.70. The van der Waals surface area contributed by atoms with Crippen LogP contribution in [0.25, 0.3) is 0 Å². The van der Waals surface area contributed by atoms with Crippen molar-refractivity contribution in [3.05, 3.63) is 0 Å². The lowest BCUT2D eigenvalue weighted by atomic mass is 9.83. The number of aliphatic hydroxyl groups excluding tert-OH is 5. The molecule has 0 aliphatic heterocycles. The summed E-state index contributed by atoms with van der Waals surface area (Å²) in [7, 11) is 0. The molecule has 1 aliphatic carbocycles. The summed E-state index contributed by atoms with van der Waals surface area (Å²) in [5, 5.41) is 41.6. The second kappa shape index (κ2) is 9.99. The fourth-order valence-corrected chi connectivity index (χ4v) is 1.65. The molecule has 1 saturated carbocycles. The van der Waals surface area contributed by atoms with Crippen molar-refractivity contribution in [2.45, 2.75) is 31.8 Å². The van der Waals surface area contributed by atoms with Crippen LogP contribution in [0.2, 0.25) is 0 Å². The molecule has 0 atom stereocenters. The van der Waals surface area contributed by atoms with Crippen LogP contribution in [0.3, 0.4) is 0 Å². The first-order valence-electron chi connectivity index (χ1n) is 5.79.